The molecule has 0 spiro atoms. The minimum absolute atomic E-state index is 0.740. The van der Waals surface area contributed by atoms with Crippen LogP contribution in [0.3, 0.4) is 0 Å². The van der Waals surface area contributed by atoms with Crippen LogP contribution in [0.2, 0.25) is 0 Å². The van der Waals surface area contributed by atoms with Crippen molar-refractivity contribution in [2.24, 2.45) is 0 Å². The molecule has 0 bridgehead atoms. The predicted octanol–water partition coefficient (Wildman–Crippen LogP) is 2.38. The van der Waals surface area contributed by atoms with Gasteiger partial charge in [0.15, 0.2) is 0 Å². The Morgan fingerprint density at radius 3 is 2.78 bits per heavy atom. The molecule has 0 aliphatic carbocycles. The third-order valence-electron chi connectivity index (χ3n) is 3.19. The number of benzene rings is 2. The third kappa shape index (κ3) is 2.57. The van der Waals surface area contributed by atoms with Crippen molar-refractivity contribution in [2.45, 2.75) is 13.1 Å². The maximum atomic E-state index is 5.81. The molecule has 3 rings (SSSR count). The van der Waals surface area contributed by atoms with E-state index in [4.69, 9.17) is 4.74 Å². The van der Waals surface area contributed by atoms with Crippen LogP contribution in [-0.2, 0) is 13.1 Å². The third-order valence-corrected chi connectivity index (χ3v) is 3.68. The van der Waals surface area contributed by atoms with Gasteiger partial charge in [-0.05, 0) is 18.2 Å². The number of fused-ring (bicyclic) bond motifs is 1. The average Bonchev–Trinajstić information content (AvgIpc) is 2.39. The summed E-state index contributed by atoms with van der Waals surface area (Å²) in [6.07, 6.45) is 0. The second-order valence-corrected chi connectivity index (χ2v) is 5.55. The highest BCUT2D eigenvalue weighted by atomic mass is 79.9. The van der Waals surface area contributed by atoms with E-state index in [9.17, 15) is 0 Å². The number of rotatable bonds is 2. The van der Waals surface area contributed by atoms with Gasteiger partial charge >= 0.3 is 0 Å². The number of hydrogen-bond acceptors (Lipinski definition) is 1. The van der Waals surface area contributed by atoms with E-state index in [2.05, 4.69) is 52.3 Å². The molecule has 1 N–H and O–H groups in total. The summed E-state index contributed by atoms with van der Waals surface area (Å²) < 4.78 is 6.92. The fraction of sp³-hybridized carbons (Fsp3) is 0.200. The van der Waals surface area contributed by atoms with Crippen molar-refractivity contribution in [3.63, 3.8) is 0 Å². The first-order chi connectivity index (χ1) is 8.81. The molecule has 0 amide bonds. The second-order valence-electron chi connectivity index (χ2n) is 4.63. The van der Waals surface area contributed by atoms with Crippen LogP contribution in [-0.4, -0.2) is 6.73 Å². The van der Waals surface area contributed by atoms with E-state index in [0.29, 0.717) is 0 Å². The first-order valence-corrected chi connectivity index (χ1v) is 6.89. The molecular weight excluding hydrogens is 290 g/mol. The van der Waals surface area contributed by atoms with E-state index in [-0.39, 0.29) is 0 Å². The van der Waals surface area contributed by atoms with Gasteiger partial charge in [0.05, 0.1) is 0 Å². The topological polar surface area (TPSA) is 13.7 Å². The molecule has 3 heteroatoms. The molecule has 2 aromatic rings. The van der Waals surface area contributed by atoms with Crippen molar-refractivity contribution < 1.29 is 9.64 Å². The molecule has 0 aromatic heterocycles. The van der Waals surface area contributed by atoms with Gasteiger partial charge < -0.3 is 4.74 Å². The fourth-order valence-electron chi connectivity index (χ4n) is 2.33. The van der Waals surface area contributed by atoms with Crippen LogP contribution in [0.15, 0.2) is 53.0 Å². The molecule has 0 fully saturated rings. The van der Waals surface area contributed by atoms with Crippen molar-refractivity contribution >= 4 is 15.9 Å². The maximum Gasteiger partial charge on any atom is 0.222 e. The predicted molar refractivity (Wildman–Crippen MR) is 74.4 cm³/mol. The second kappa shape index (κ2) is 5.12. The Balaban J connectivity index is 1.75. The first-order valence-electron chi connectivity index (χ1n) is 6.10. The molecule has 2 aromatic carbocycles. The molecule has 2 nitrogen and oxygen atoms in total. The monoisotopic (exact) mass is 304 g/mol. The lowest BCUT2D eigenvalue weighted by Gasteiger charge is -2.26. The number of nitrogens with one attached hydrogen (secondary N) is 1. The zero-order chi connectivity index (χ0) is 12.4. The lowest BCUT2D eigenvalue weighted by molar-refractivity contribution is -0.945. The summed E-state index contributed by atoms with van der Waals surface area (Å²) in [4.78, 5) is 1.44. The highest BCUT2D eigenvalue weighted by molar-refractivity contribution is 9.10. The van der Waals surface area contributed by atoms with Crippen molar-refractivity contribution in [2.75, 3.05) is 6.73 Å². The van der Waals surface area contributed by atoms with E-state index < -0.39 is 0 Å². The molecule has 0 radical (unpaired) electrons. The molecule has 18 heavy (non-hydrogen) atoms. The molecule has 0 saturated carbocycles. The smallest absolute Gasteiger partial charge is 0.222 e. The van der Waals surface area contributed by atoms with E-state index in [1.165, 1.54) is 16.0 Å². The van der Waals surface area contributed by atoms with Crippen molar-refractivity contribution in [1.82, 2.24) is 0 Å². The summed E-state index contributed by atoms with van der Waals surface area (Å²) in [5.74, 6) is 1.02. The molecule has 1 aliphatic rings. The van der Waals surface area contributed by atoms with Gasteiger partial charge in [-0.1, -0.05) is 46.3 Å². The van der Waals surface area contributed by atoms with Gasteiger partial charge in [0.2, 0.25) is 6.73 Å². The quantitative estimate of drug-likeness (QED) is 0.899. The SMILES string of the molecule is Brc1ccc2c(c1)C[NH+](Cc1ccccc1)CO2. The zero-order valence-corrected chi connectivity index (χ0v) is 11.6. The Labute approximate surface area is 115 Å². The summed E-state index contributed by atoms with van der Waals surface area (Å²) in [7, 11) is 0. The molecule has 1 unspecified atom stereocenters. The lowest BCUT2D eigenvalue weighted by Crippen LogP contribution is -3.10. The molecule has 0 saturated heterocycles. The van der Waals surface area contributed by atoms with Gasteiger partial charge in [0, 0.05) is 15.6 Å². The van der Waals surface area contributed by atoms with Crippen molar-refractivity contribution in [3.05, 3.63) is 64.1 Å². The van der Waals surface area contributed by atoms with Crippen LogP contribution in [0.4, 0.5) is 0 Å². The minimum Gasteiger partial charge on any atom is -0.445 e. The Morgan fingerprint density at radius 2 is 1.94 bits per heavy atom. The van der Waals surface area contributed by atoms with Gasteiger partial charge in [0.1, 0.15) is 18.8 Å². The minimum atomic E-state index is 0.740. The van der Waals surface area contributed by atoms with Gasteiger partial charge in [-0.3, -0.25) is 4.90 Å². The summed E-state index contributed by atoms with van der Waals surface area (Å²) in [5, 5.41) is 0. The number of halogens is 1. The van der Waals surface area contributed by atoms with Crippen molar-refractivity contribution in [1.29, 1.82) is 0 Å². The van der Waals surface area contributed by atoms with Crippen LogP contribution >= 0.6 is 15.9 Å². The van der Waals surface area contributed by atoms with E-state index in [0.717, 1.165) is 30.0 Å². The summed E-state index contributed by atoms with van der Waals surface area (Å²) in [6.45, 7) is 2.76. The van der Waals surface area contributed by atoms with E-state index in [1.54, 1.807) is 0 Å². The fourth-order valence-corrected chi connectivity index (χ4v) is 2.73. The Morgan fingerprint density at radius 1 is 1.11 bits per heavy atom. The van der Waals surface area contributed by atoms with E-state index >= 15 is 0 Å². The number of ether oxygens (including phenoxy) is 1. The lowest BCUT2D eigenvalue weighted by atomic mass is 10.1. The molecule has 1 heterocycles. The van der Waals surface area contributed by atoms with Gasteiger partial charge in [-0.25, -0.2) is 0 Å². The van der Waals surface area contributed by atoms with Crippen LogP contribution < -0.4 is 9.64 Å². The summed E-state index contributed by atoms with van der Waals surface area (Å²) in [5.41, 5.74) is 2.64. The maximum absolute atomic E-state index is 5.81. The highest BCUT2D eigenvalue weighted by Crippen LogP contribution is 2.23. The highest BCUT2D eigenvalue weighted by Gasteiger charge is 2.20. The first kappa shape index (κ1) is 11.8. The van der Waals surface area contributed by atoms with Crippen LogP contribution in [0.5, 0.6) is 5.75 Å². The molecule has 92 valence electrons. The molecule has 1 atom stereocenters. The van der Waals surface area contributed by atoms with Gasteiger partial charge in [0.25, 0.3) is 0 Å². The zero-order valence-electron chi connectivity index (χ0n) is 10.0. The summed E-state index contributed by atoms with van der Waals surface area (Å²) >= 11 is 3.51. The summed E-state index contributed by atoms with van der Waals surface area (Å²) in [6, 6.07) is 16.8. The molecule has 1 aliphatic heterocycles. The van der Waals surface area contributed by atoms with Crippen LogP contribution in [0, 0.1) is 0 Å². The van der Waals surface area contributed by atoms with Crippen LogP contribution in [0.25, 0.3) is 0 Å². The van der Waals surface area contributed by atoms with Crippen molar-refractivity contribution in [3.8, 4) is 5.75 Å². The van der Waals surface area contributed by atoms with E-state index in [1.807, 2.05) is 12.1 Å². The average molecular weight is 305 g/mol. The Bertz CT molecular complexity index is 541. The number of quaternary nitrogens is 1. The largest absolute Gasteiger partial charge is 0.445 e. The Kier molecular flexibility index (Phi) is 3.35. The normalized spacial score (nSPS) is 17.9. The number of hydrogen-bond donors (Lipinski definition) is 1. The van der Waals surface area contributed by atoms with Gasteiger partial charge in [-0.15, -0.1) is 0 Å². The van der Waals surface area contributed by atoms with Gasteiger partial charge in [-0.2, -0.15) is 0 Å². The molecular formula is C15H15BrNO+. The standard InChI is InChI=1S/C15H14BrNO/c16-14-6-7-15-13(8-14)10-17(11-18-15)9-12-4-2-1-3-5-12/h1-8H,9-11H2/p+1. The van der Waals surface area contributed by atoms with Crippen LogP contribution in [0.1, 0.15) is 11.1 Å². The Hall–Kier alpha value is -1.32.